The van der Waals surface area contributed by atoms with Gasteiger partial charge in [-0.25, -0.2) is 0 Å². The SMILES string of the molecule is c1ccc(-n2c3ccc(-c4ccc(N(c5ccc(-c6ccc7oc8ccccc8c7c6)cc5)c5ccc(-c6cccc7c6oc6ccccc67)cc5)cc4)cc3c3ccc4ccccc4c32)cc1. The van der Waals surface area contributed by atoms with Crippen LogP contribution in [-0.2, 0) is 0 Å². The molecule has 0 N–H and O–H groups in total. The predicted octanol–water partition coefficient (Wildman–Crippen LogP) is 18.2. The van der Waals surface area contributed by atoms with E-state index in [2.05, 4.69) is 228 Å². The third-order valence-electron chi connectivity index (χ3n) is 13.8. The maximum Gasteiger partial charge on any atom is 0.143 e. The van der Waals surface area contributed by atoms with Gasteiger partial charge in [0.05, 0.1) is 11.0 Å². The molecule has 0 saturated carbocycles. The molecule has 318 valence electrons. The van der Waals surface area contributed by atoms with Gasteiger partial charge in [0, 0.05) is 66.0 Å². The summed E-state index contributed by atoms with van der Waals surface area (Å²) in [5, 5.41) is 9.46. The second kappa shape index (κ2) is 15.2. The zero-order valence-corrected chi connectivity index (χ0v) is 36.8. The van der Waals surface area contributed by atoms with Crippen LogP contribution in [0, 0.1) is 0 Å². The average molecular weight is 869 g/mol. The van der Waals surface area contributed by atoms with E-state index in [0.29, 0.717) is 0 Å². The molecular weight excluding hydrogens is 829 g/mol. The van der Waals surface area contributed by atoms with Gasteiger partial charge >= 0.3 is 0 Å². The van der Waals surface area contributed by atoms with Crippen LogP contribution >= 0.6 is 0 Å². The van der Waals surface area contributed by atoms with Crippen molar-refractivity contribution >= 4 is 93.5 Å². The average Bonchev–Trinajstić information content (AvgIpc) is 4.09. The third kappa shape index (κ3) is 6.08. The molecule has 14 rings (SSSR count). The minimum Gasteiger partial charge on any atom is -0.456 e. The van der Waals surface area contributed by atoms with Gasteiger partial charge in [0.1, 0.15) is 22.3 Å². The Morgan fingerprint density at radius 1 is 0.309 bits per heavy atom. The molecule has 0 amide bonds. The van der Waals surface area contributed by atoms with Crippen molar-refractivity contribution in [2.24, 2.45) is 0 Å². The molecule has 3 aromatic heterocycles. The van der Waals surface area contributed by atoms with Crippen molar-refractivity contribution in [1.29, 1.82) is 0 Å². The molecule has 0 aliphatic heterocycles. The first-order chi connectivity index (χ1) is 33.7. The molecule has 3 heterocycles. The molecule has 0 spiro atoms. The number of nitrogens with zero attached hydrogens (tertiary/aromatic N) is 2. The zero-order valence-electron chi connectivity index (χ0n) is 36.8. The summed E-state index contributed by atoms with van der Waals surface area (Å²) >= 11 is 0. The van der Waals surface area contributed by atoms with E-state index in [1.807, 2.05) is 24.3 Å². The molecule has 0 fully saturated rings. The second-order valence-corrected chi connectivity index (χ2v) is 17.7. The number of benzene rings is 11. The van der Waals surface area contributed by atoms with Crippen LogP contribution in [-0.4, -0.2) is 4.57 Å². The van der Waals surface area contributed by atoms with Gasteiger partial charge in [-0.2, -0.15) is 0 Å². The lowest BCUT2D eigenvalue weighted by Gasteiger charge is -2.26. The normalized spacial score (nSPS) is 11.8. The van der Waals surface area contributed by atoms with Crippen molar-refractivity contribution in [3.63, 3.8) is 0 Å². The van der Waals surface area contributed by atoms with E-state index in [1.54, 1.807) is 0 Å². The van der Waals surface area contributed by atoms with Crippen LogP contribution in [0.1, 0.15) is 0 Å². The number of hydrogen-bond acceptors (Lipinski definition) is 3. The first-order valence-electron chi connectivity index (χ1n) is 23.1. The molecule has 11 aromatic carbocycles. The zero-order chi connectivity index (χ0) is 44.7. The highest BCUT2D eigenvalue weighted by Gasteiger charge is 2.19. The fraction of sp³-hybridized carbons (Fsp3) is 0. The maximum absolute atomic E-state index is 6.46. The second-order valence-electron chi connectivity index (χ2n) is 17.7. The molecule has 0 radical (unpaired) electrons. The molecule has 4 nitrogen and oxygen atoms in total. The van der Waals surface area contributed by atoms with Crippen molar-refractivity contribution in [3.8, 4) is 39.1 Å². The van der Waals surface area contributed by atoms with E-state index in [1.165, 1.54) is 38.1 Å². The van der Waals surface area contributed by atoms with Crippen LogP contribution in [0.4, 0.5) is 17.1 Å². The van der Waals surface area contributed by atoms with Crippen molar-refractivity contribution in [2.75, 3.05) is 4.90 Å². The number of furan rings is 2. The van der Waals surface area contributed by atoms with Crippen LogP contribution in [0.25, 0.3) is 116 Å². The predicted molar refractivity (Wildman–Crippen MR) is 284 cm³/mol. The highest BCUT2D eigenvalue weighted by molar-refractivity contribution is 6.19. The maximum atomic E-state index is 6.46. The largest absolute Gasteiger partial charge is 0.456 e. The summed E-state index contributed by atoms with van der Waals surface area (Å²) in [7, 11) is 0. The minimum absolute atomic E-state index is 0.897. The fourth-order valence-electron chi connectivity index (χ4n) is 10.5. The van der Waals surface area contributed by atoms with Gasteiger partial charge in [0.15, 0.2) is 0 Å². The van der Waals surface area contributed by atoms with Gasteiger partial charge < -0.3 is 18.3 Å². The molecule has 4 heteroatoms. The molecule has 0 aliphatic rings. The van der Waals surface area contributed by atoms with Crippen LogP contribution in [0.5, 0.6) is 0 Å². The summed E-state index contributed by atoms with van der Waals surface area (Å²) in [6.07, 6.45) is 0. The highest BCUT2D eigenvalue weighted by atomic mass is 16.3. The molecule has 0 aliphatic carbocycles. The van der Waals surface area contributed by atoms with Gasteiger partial charge in [-0.3, -0.25) is 0 Å². The molecule has 0 unspecified atom stereocenters. The van der Waals surface area contributed by atoms with Crippen LogP contribution < -0.4 is 4.90 Å². The fourth-order valence-corrected chi connectivity index (χ4v) is 10.5. The van der Waals surface area contributed by atoms with Crippen molar-refractivity contribution in [1.82, 2.24) is 4.57 Å². The number of hydrogen-bond donors (Lipinski definition) is 0. The van der Waals surface area contributed by atoms with E-state index in [4.69, 9.17) is 8.83 Å². The van der Waals surface area contributed by atoms with Gasteiger partial charge in [0.25, 0.3) is 0 Å². The molecular formula is C64H40N2O2. The lowest BCUT2D eigenvalue weighted by Crippen LogP contribution is -2.09. The summed E-state index contributed by atoms with van der Waals surface area (Å²) in [5.41, 5.74) is 17.1. The smallest absolute Gasteiger partial charge is 0.143 e. The van der Waals surface area contributed by atoms with Crippen molar-refractivity contribution in [3.05, 3.63) is 243 Å². The molecule has 68 heavy (non-hydrogen) atoms. The lowest BCUT2D eigenvalue weighted by molar-refractivity contribution is 0.669. The van der Waals surface area contributed by atoms with E-state index < -0.39 is 0 Å². The van der Waals surface area contributed by atoms with E-state index in [0.717, 1.165) is 94.4 Å². The number of fused-ring (bicyclic) bond motifs is 11. The quantitative estimate of drug-likeness (QED) is 0.160. The topological polar surface area (TPSA) is 34.5 Å². The van der Waals surface area contributed by atoms with Crippen molar-refractivity contribution in [2.45, 2.75) is 0 Å². The standard InChI is InChI=1S/C64H40N2O2/c1-2-12-47(13-3-1)66-59-37-28-45(39-57(59)55-36-27-43-11-4-5-14-51(43)63(55)66)41-21-30-48(31-22-41)65(49-32-23-42(24-33-49)46-29-38-62-58(40-46)54-16-7-8-19-60(54)67-62)50-34-25-44(26-35-50)52-17-10-18-56-53-15-6-9-20-61(53)68-64(52)56/h1-40H. The van der Waals surface area contributed by atoms with Crippen LogP contribution in [0.15, 0.2) is 251 Å². The van der Waals surface area contributed by atoms with Gasteiger partial charge in [0.2, 0.25) is 0 Å². The summed E-state index contributed by atoms with van der Waals surface area (Å²) in [4.78, 5) is 2.34. The van der Waals surface area contributed by atoms with E-state index >= 15 is 0 Å². The van der Waals surface area contributed by atoms with Gasteiger partial charge in [-0.1, -0.05) is 158 Å². The van der Waals surface area contributed by atoms with E-state index in [-0.39, 0.29) is 0 Å². The van der Waals surface area contributed by atoms with Gasteiger partial charge in [-0.15, -0.1) is 0 Å². The molecule has 0 bridgehead atoms. The summed E-state index contributed by atoms with van der Waals surface area (Å²) in [6, 6.07) is 87.0. The monoisotopic (exact) mass is 868 g/mol. The Kier molecular flexibility index (Phi) is 8.55. The summed E-state index contributed by atoms with van der Waals surface area (Å²) < 4.78 is 15.0. The number of rotatable bonds is 7. The first-order valence-corrected chi connectivity index (χ1v) is 23.1. The Labute approximate surface area is 391 Å². The molecule has 0 atom stereocenters. The number of aromatic nitrogens is 1. The molecule has 0 saturated heterocycles. The summed E-state index contributed by atoms with van der Waals surface area (Å²) in [6.45, 7) is 0. The lowest BCUT2D eigenvalue weighted by atomic mass is 10.00. The minimum atomic E-state index is 0.897. The van der Waals surface area contributed by atoms with E-state index in [9.17, 15) is 0 Å². The summed E-state index contributed by atoms with van der Waals surface area (Å²) in [5.74, 6) is 0. The number of anilines is 3. The Morgan fingerprint density at radius 3 is 1.54 bits per heavy atom. The third-order valence-corrected chi connectivity index (χ3v) is 13.8. The van der Waals surface area contributed by atoms with Crippen LogP contribution in [0.3, 0.4) is 0 Å². The Bertz CT molecular complexity index is 4230. The highest BCUT2D eigenvalue weighted by Crippen LogP contribution is 2.42. The van der Waals surface area contributed by atoms with Crippen molar-refractivity contribution < 1.29 is 8.83 Å². The molecule has 14 aromatic rings. The van der Waals surface area contributed by atoms with Crippen LogP contribution in [0.2, 0.25) is 0 Å². The van der Waals surface area contributed by atoms with Gasteiger partial charge in [-0.05, 0) is 118 Å². The Balaban J connectivity index is 0.863. The Hall–Kier alpha value is -9.12. The number of para-hydroxylation sites is 4. The Morgan fingerprint density at radius 2 is 0.838 bits per heavy atom. The first kappa shape index (κ1) is 38.2.